The van der Waals surface area contributed by atoms with Crippen LogP contribution >= 0.6 is 0 Å². The molecule has 4 heteroatoms. The number of rotatable bonds is 4. The van der Waals surface area contributed by atoms with Gasteiger partial charge in [0.2, 0.25) is 0 Å². The molecule has 1 saturated heterocycles. The molecule has 0 aliphatic carbocycles. The third-order valence-corrected chi connectivity index (χ3v) is 3.37. The van der Waals surface area contributed by atoms with Crippen molar-refractivity contribution in [3.63, 3.8) is 0 Å². The number of carbonyl (C=O) groups is 1. The van der Waals surface area contributed by atoms with Crippen molar-refractivity contribution in [3.05, 3.63) is 29.8 Å². The Morgan fingerprint density at radius 3 is 2.83 bits per heavy atom. The summed E-state index contributed by atoms with van der Waals surface area (Å²) in [5.74, 6) is 0.389. The van der Waals surface area contributed by atoms with Crippen LogP contribution in [0, 0.1) is 5.92 Å². The number of carbonyl (C=O) groups excluding carboxylic acids is 1. The van der Waals surface area contributed by atoms with E-state index in [9.17, 15) is 4.79 Å². The van der Waals surface area contributed by atoms with Gasteiger partial charge in [-0.05, 0) is 44.0 Å². The maximum absolute atomic E-state index is 11.6. The number of hydrogen-bond donors (Lipinski definition) is 2. The maximum atomic E-state index is 11.6. The largest absolute Gasteiger partial charge is 0.465 e. The summed E-state index contributed by atoms with van der Waals surface area (Å²) in [6.07, 6.45) is 2.38. The molecule has 1 aromatic carbocycles. The molecule has 4 nitrogen and oxygen atoms in total. The number of hydrogen-bond acceptors (Lipinski definition) is 4. The minimum absolute atomic E-state index is 0.289. The zero-order chi connectivity index (χ0) is 12.8. The Kier molecular flexibility index (Phi) is 4.59. The van der Waals surface area contributed by atoms with Gasteiger partial charge in [0.1, 0.15) is 0 Å². The van der Waals surface area contributed by atoms with Gasteiger partial charge < -0.3 is 15.4 Å². The molecule has 1 fully saturated rings. The highest BCUT2D eigenvalue weighted by atomic mass is 16.5. The molecule has 0 bridgehead atoms. The summed E-state index contributed by atoms with van der Waals surface area (Å²) in [5.41, 5.74) is 1.47. The van der Waals surface area contributed by atoms with E-state index >= 15 is 0 Å². The second-order valence-corrected chi connectivity index (χ2v) is 4.61. The zero-order valence-corrected chi connectivity index (χ0v) is 10.7. The number of piperidine rings is 1. The quantitative estimate of drug-likeness (QED) is 0.799. The predicted octanol–water partition coefficient (Wildman–Crippen LogP) is 1.88. The molecule has 1 aliphatic heterocycles. The van der Waals surface area contributed by atoms with Gasteiger partial charge in [-0.1, -0.05) is 12.1 Å². The summed E-state index contributed by atoms with van der Waals surface area (Å²) in [7, 11) is 1.41. The van der Waals surface area contributed by atoms with Gasteiger partial charge in [-0.3, -0.25) is 0 Å². The van der Waals surface area contributed by atoms with Gasteiger partial charge in [0, 0.05) is 12.2 Å². The van der Waals surface area contributed by atoms with E-state index in [1.807, 2.05) is 18.2 Å². The summed E-state index contributed by atoms with van der Waals surface area (Å²) in [6.45, 7) is 3.09. The number of methoxy groups -OCH3 is 1. The van der Waals surface area contributed by atoms with Crippen LogP contribution in [0.4, 0.5) is 5.69 Å². The molecule has 0 amide bonds. The number of anilines is 1. The summed E-state index contributed by atoms with van der Waals surface area (Å²) < 4.78 is 4.78. The lowest BCUT2D eigenvalue weighted by atomic mass is 9.98. The van der Waals surface area contributed by atoms with Crippen LogP contribution < -0.4 is 10.6 Å². The Bertz CT molecular complexity index is 401. The van der Waals surface area contributed by atoms with E-state index in [-0.39, 0.29) is 5.97 Å². The Morgan fingerprint density at radius 2 is 2.11 bits per heavy atom. The smallest absolute Gasteiger partial charge is 0.339 e. The molecule has 1 aromatic rings. The molecule has 2 N–H and O–H groups in total. The Hall–Kier alpha value is -1.55. The average molecular weight is 248 g/mol. The Labute approximate surface area is 108 Å². The second kappa shape index (κ2) is 6.40. The first-order chi connectivity index (χ1) is 8.81. The molecule has 0 radical (unpaired) electrons. The highest BCUT2D eigenvalue weighted by Gasteiger charge is 2.15. The topological polar surface area (TPSA) is 50.4 Å². The van der Waals surface area contributed by atoms with Crippen LogP contribution in [0.3, 0.4) is 0 Å². The number of benzene rings is 1. The molecule has 1 heterocycles. The minimum atomic E-state index is -0.289. The fourth-order valence-electron chi connectivity index (χ4n) is 2.27. The van der Waals surface area contributed by atoms with Crippen molar-refractivity contribution in [2.24, 2.45) is 5.92 Å². The monoisotopic (exact) mass is 248 g/mol. The highest BCUT2D eigenvalue weighted by Crippen LogP contribution is 2.18. The van der Waals surface area contributed by atoms with Crippen molar-refractivity contribution in [1.82, 2.24) is 5.32 Å². The summed E-state index contributed by atoms with van der Waals surface area (Å²) >= 11 is 0. The highest BCUT2D eigenvalue weighted by molar-refractivity contribution is 5.95. The molecule has 1 aliphatic rings. The summed E-state index contributed by atoms with van der Waals surface area (Å²) in [4.78, 5) is 11.6. The average Bonchev–Trinajstić information content (AvgIpc) is 2.45. The summed E-state index contributed by atoms with van der Waals surface area (Å²) in [6, 6.07) is 7.49. The van der Waals surface area contributed by atoms with Gasteiger partial charge in [-0.2, -0.15) is 0 Å². The number of nitrogens with one attached hydrogen (secondary N) is 2. The van der Waals surface area contributed by atoms with Crippen LogP contribution in [0.25, 0.3) is 0 Å². The maximum Gasteiger partial charge on any atom is 0.339 e. The number of ether oxygens (including phenoxy) is 1. The van der Waals surface area contributed by atoms with Crippen molar-refractivity contribution in [1.29, 1.82) is 0 Å². The fraction of sp³-hybridized carbons (Fsp3) is 0.500. The van der Waals surface area contributed by atoms with Gasteiger partial charge in [0.05, 0.1) is 12.7 Å². The molecule has 0 spiro atoms. The van der Waals surface area contributed by atoms with E-state index in [2.05, 4.69) is 10.6 Å². The summed E-state index contributed by atoms with van der Waals surface area (Å²) in [5, 5.41) is 6.72. The standard InChI is InChI=1S/C14H20N2O2/c1-18-14(17)12-4-2-3-5-13(12)16-10-11-6-8-15-9-7-11/h2-5,11,15-16H,6-10H2,1H3. The van der Waals surface area contributed by atoms with Crippen molar-refractivity contribution in [2.45, 2.75) is 12.8 Å². The van der Waals surface area contributed by atoms with E-state index in [1.54, 1.807) is 6.07 Å². The van der Waals surface area contributed by atoms with Gasteiger partial charge >= 0.3 is 5.97 Å². The zero-order valence-electron chi connectivity index (χ0n) is 10.7. The lowest BCUT2D eigenvalue weighted by Crippen LogP contribution is -2.31. The first kappa shape index (κ1) is 12.9. The molecule has 98 valence electrons. The van der Waals surface area contributed by atoms with Gasteiger partial charge in [0.25, 0.3) is 0 Å². The molecular formula is C14H20N2O2. The minimum Gasteiger partial charge on any atom is -0.465 e. The molecule has 2 rings (SSSR count). The normalized spacial score (nSPS) is 16.3. The van der Waals surface area contributed by atoms with Crippen LogP contribution in [0.2, 0.25) is 0 Å². The first-order valence-corrected chi connectivity index (χ1v) is 6.43. The third kappa shape index (κ3) is 3.23. The Balaban J connectivity index is 1.97. The van der Waals surface area contributed by atoms with Crippen LogP contribution in [-0.4, -0.2) is 32.7 Å². The van der Waals surface area contributed by atoms with Crippen molar-refractivity contribution >= 4 is 11.7 Å². The Morgan fingerprint density at radius 1 is 1.39 bits per heavy atom. The molecule has 18 heavy (non-hydrogen) atoms. The number of para-hydroxylation sites is 1. The lowest BCUT2D eigenvalue weighted by Gasteiger charge is -2.23. The van der Waals surface area contributed by atoms with E-state index in [4.69, 9.17) is 4.74 Å². The molecule has 0 aromatic heterocycles. The molecule has 0 unspecified atom stereocenters. The van der Waals surface area contributed by atoms with Crippen LogP contribution in [0.15, 0.2) is 24.3 Å². The first-order valence-electron chi connectivity index (χ1n) is 6.43. The molecule has 0 atom stereocenters. The van der Waals surface area contributed by atoms with Crippen LogP contribution in [-0.2, 0) is 4.74 Å². The van der Waals surface area contributed by atoms with Gasteiger partial charge in [-0.25, -0.2) is 4.79 Å². The SMILES string of the molecule is COC(=O)c1ccccc1NCC1CCNCC1. The van der Waals surface area contributed by atoms with Crippen molar-refractivity contribution in [2.75, 3.05) is 32.1 Å². The van der Waals surface area contributed by atoms with Crippen molar-refractivity contribution < 1.29 is 9.53 Å². The van der Waals surface area contributed by atoms with Crippen LogP contribution in [0.1, 0.15) is 23.2 Å². The van der Waals surface area contributed by atoms with Crippen LogP contribution in [0.5, 0.6) is 0 Å². The predicted molar refractivity (Wildman–Crippen MR) is 71.9 cm³/mol. The number of esters is 1. The molecular weight excluding hydrogens is 228 g/mol. The van der Waals surface area contributed by atoms with E-state index in [1.165, 1.54) is 20.0 Å². The van der Waals surface area contributed by atoms with Crippen molar-refractivity contribution in [3.8, 4) is 0 Å². The molecule has 0 saturated carbocycles. The van der Waals surface area contributed by atoms with Gasteiger partial charge in [0.15, 0.2) is 0 Å². The van der Waals surface area contributed by atoms with Gasteiger partial charge in [-0.15, -0.1) is 0 Å². The van der Waals surface area contributed by atoms with E-state index < -0.39 is 0 Å². The fourth-order valence-corrected chi connectivity index (χ4v) is 2.27. The lowest BCUT2D eigenvalue weighted by molar-refractivity contribution is 0.0602. The second-order valence-electron chi connectivity index (χ2n) is 4.61. The van der Waals surface area contributed by atoms with E-state index in [0.29, 0.717) is 11.5 Å². The third-order valence-electron chi connectivity index (χ3n) is 3.37. The van der Waals surface area contributed by atoms with E-state index in [0.717, 1.165) is 25.3 Å².